The molecule has 0 aliphatic heterocycles. The summed E-state index contributed by atoms with van der Waals surface area (Å²) in [6, 6.07) is 7.73. The van der Waals surface area contributed by atoms with Crippen molar-refractivity contribution >= 4 is 66.6 Å². The van der Waals surface area contributed by atoms with Gasteiger partial charge in [-0.25, -0.2) is 0 Å². The van der Waals surface area contributed by atoms with Crippen molar-refractivity contribution in [2.45, 2.75) is 26.6 Å². The molecule has 0 atom stereocenters. The van der Waals surface area contributed by atoms with Crippen LogP contribution in [0, 0.1) is 0 Å². The van der Waals surface area contributed by atoms with Crippen LogP contribution in [0.3, 0.4) is 0 Å². The van der Waals surface area contributed by atoms with Gasteiger partial charge in [-0.1, -0.05) is 29.8 Å². The van der Waals surface area contributed by atoms with Crippen LogP contribution in [0.1, 0.15) is 18.2 Å². The number of hydrogen-bond acceptors (Lipinski definition) is 3. The van der Waals surface area contributed by atoms with Crippen molar-refractivity contribution in [3.8, 4) is 0 Å². The highest BCUT2D eigenvalue weighted by atomic mass is 79.9. The Morgan fingerprint density at radius 3 is 2.75 bits per heavy atom. The summed E-state index contributed by atoms with van der Waals surface area (Å²) >= 11 is 18.9. The number of rotatable bonds is 6. The Kier molecular flexibility index (Phi) is 7.14. The fourth-order valence-electron chi connectivity index (χ4n) is 2.67. The van der Waals surface area contributed by atoms with Crippen molar-refractivity contribution in [2.24, 2.45) is 0 Å². The smallest absolute Gasteiger partial charge is 0.174 e. The molecule has 0 saturated heterocycles. The quantitative estimate of drug-likeness (QED) is 0.433. The van der Waals surface area contributed by atoms with E-state index in [2.05, 4.69) is 54.3 Å². The number of aryl methyl sites for hydroxylation is 1. The van der Waals surface area contributed by atoms with Gasteiger partial charge in [0.1, 0.15) is 0 Å². The van der Waals surface area contributed by atoms with E-state index in [0.717, 1.165) is 31.8 Å². The Hall–Kier alpha value is -1.42. The van der Waals surface area contributed by atoms with Gasteiger partial charge >= 0.3 is 0 Å². The van der Waals surface area contributed by atoms with E-state index in [1.54, 1.807) is 6.20 Å². The molecule has 2 heterocycles. The second-order valence-corrected chi connectivity index (χ2v) is 8.66. The molecule has 148 valence electrons. The maximum Gasteiger partial charge on any atom is 0.174 e. The average Bonchev–Trinajstić information content (AvgIpc) is 3.19. The Balaban J connectivity index is 1.68. The molecule has 6 nitrogen and oxygen atoms in total. The predicted octanol–water partition coefficient (Wildman–Crippen LogP) is 5.16. The molecule has 0 aliphatic carbocycles. The molecular weight excluding hydrogens is 528 g/mol. The lowest BCUT2D eigenvalue weighted by Crippen LogP contribution is -2.31. The lowest BCUT2D eigenvalue weighted by atomic mass is 10.2. The van der Waals surface area contributed by atoms with Crippen molar-refractivity contribution in [1.29, 1.82) is 0 Å². The number of hydrogen-bond donors (Lipinski definition) is 1. The molecule has 0 amide bonds. The topological polar surface area (TPSA) is 50.9 Å². The first-order valence-corrected chi connectivity index (χ1v) is 10.9. The lowest BCUT2D eigenvalue weighted by Gasteiger charge is -2.21. The van der Waals surface area contributed by atoms with Crippen LogP contribution in [0.4, 0.5) is 5.82 Å². The molecule has 0 unspecified atom stereocenters. The Morgan fingerprint density at radius 1 is 1.29 bits per heavy atom. The van der Waals surface area contributed by atoms with Crippen LogP contribution in [0.15, 0.2) is 45.6 Å². The molecule has 1 aromatic carbocycles. The van der Waals surface area contributed by atoms with Crippen LogP contribution in [0.25, 0.3) is 0 Å². The van der Waals surface area contributed by atoms with Gasteiger partial charge in [0.05, 0.1) is 33.9 Å². The average molecular weight is 547 g/mol. The molecule has 0 aliphatic rings. The summed E-state index contributed by atoms with van der Waals surface area (Å²) in [5, 5.41) is 13.4. The highest BCUT2D eigenvalue weighted by Crippen LogP contribution is 2.23. The summed E-state index contributed by atoms with van der Waals surface area (Å²) in [6.45, 7) is 4.05. The molecule has 0 spiro atoms. The molecule has 3 rings (SSSR count). The predicted molar refractivity (Wildman–Crippen MR) is 124 cm³/mol. The van der Waals surface area contributed by atoms with Crippen LogP contribution in [-0.4, -0.2) is 36.6 Å². The Labute approximate surface area is 191 Å². The van der Waals surface area contributed by atoms with E-state index in [9.17, 15) is 0 Å². The largest absolute Gasteiger partial charge is 0.346 e. The number of nitrogens with one attached hydrogen (secondary N) is 1. The monoisotopic (exact) mass is 544 g/mol. The van der Waals surface area contributed by atoms with Crippen LogP contribution in [0.2, 0.25) is 5.02 Å². The van der Waals surface area contributed by atoms with Gasteiger partial charge in [-0.15, -0.1) is 0 Å². The third kappa shape index (κ3) is 4.94. The van der Waals surface area contributed by atoms with Gasteiger partial charge in [-0.05, 0) is 62.6 Å². The summed E-state index contributed by atoms with van der Waals surface area (Å²) < 4.78 is 5.56. The highest BCUT2D eigenvalue weighted by Gasteiger charge is 2.15. The molecular formula is C18H19Br2ClN6S. The molecule has 3 aromatic rings. The van der Waals surface area contributed by atoms with Crippen LogP contribution < -0.4 is 5.32 Å². The fraction of sp³-hybridized carbons (Fsp3) is 0.278. The van der Waals surface area contributed by atoms with Crippen molar-refractivity contribution in [3.63, 3.8) is 0 Å². The number of aromatic nitrogens is 4. The van der Waals surface area contributed by atoms with Crippen LogP contribution >= 0.6 is 55.7 Å². The van der Waals surface area contributed by atoms with E-state index in [1.807, 2.05) is 51.8 Å². The van der Waals surface area contributed by atoms with Crippen molar-refractivity contribution in [2.75, 3.05) is 12.4 Å². The maximum absolute atomic E-state index is 6.24. The van der Waals surface area contributed by atoms with Gasteiger partial charge in [0.2, 0.25) is 0 Å². The highest BCUT2D eigenvalue weighted by molar-refractivity contribution is 9.10. The standard InChI is InChI=1S/C18H19Br2ClN6S/c1-3-27-16(13(19)8-22-27)11-25(2)18(28)23-17-14(20)10-26(24-17)9-12-6-4-5-7-15(12)21/h4-8,10H,3,9,11H2,1-2H3,(H,23,24,28). The Morgan fingerprint density at radius 2 is 2.04 bits per heavy atom. The summed E-state index contributed by atoms with van der Waals surface area (Å²) in [5.41, 5.74) is 2.07. The summed E-state index contributed by atoms with van der Waals surface area (Å²) in [4.78, 5) is 1.95. The van der Waals surface area contributed by atoms with Crippen molar-refractivity contribution in [1.82, 2.24) is 24.5 Å². The fourth-order valence-corrected chi connectivity index (χ4v) is 3.87. The maximum atomic E-state index is 6.24. The number of benzene rings is 1. The van der Waals surface area contributed by atoms with Crippen molar-refractivity contribution in [3.05, 3.63) is 61.9 Å². The van der Waals surface area contributed by atoms with Gasteiger partial charge in [0.25, 0.3) is 0 Å². The van der Waals surface area contributed by atoms with E-state index in [4.69, 9.17) is 23.8 Å². The zero-order valence-electron chi connectivity index (χ0n) is 15.4. The summed E-state index contributed by atoms with van der Waals surface area (Å²) in [6.07, 6.45) is 3.70. The van der Waals surface area contributed by atoms with Crippen LogP contribution in [0.5, 0.6) is 0 Å². The molecule has 0 fully saturated rings. The second kappa shape index (κ2) is 9.39. The normalized spacial score (nSPS) is 10.9. The molecule has 28 heavy (non-hydrogen) atoms. The van der Waals surface area contributed by atoms with E-state index in [0.29, 0.717) is 24.0 Å². The van der Waals surface area contributed by atoms with E-state index < -0.39 is 0 Å². The molecule has 0 radical (unpaired) electrons. The zero-order valence-corrected chi connectivity index (χ0v) is 20.1. The molecule has 0 bridgehead atoms. The van der Waals surface area contributed by atoms with E-state index in [1.165, 1.54) is 0 Å². The molecule has 1 N–H and O–H groups in total. The second-order valence-electron chi connectivity index (χ2n) is 6.16. The van der Waals surface area contributed by atoms with Crippen LogP contribution in [-0.2, 0) is 19.6 Å². The third-order valence-electron chi connectivity index (χ3n) is 4.16. The first-order chi connectivity index (χ1) is 13.4. The number of thiocarbonyl (C=S) groups is 1. The first-order valence-electron chi connectivity index (χ1n) is 8.57. The number of halogens is 3. The molecule has 10 heteroatoms. The minimum absolute atomic E-state index is 0.569. The SMILES string of the molecule is CCn1ncc(Br)c1CN(C)C(=S)Nc1nn(Cc2ccccc2Cl)cc1Br. The van der Waals surface area contributed by atoms with Crippen molar-refractivity contribution < 1.29 is 0 Å². The van der Waals surface area contributed by atoms with E-state index in [-0.39, 0.29) is 0 Å². The summed E-state index contributed by atoms with van der Waals surface area (Å²) in [7, 11) is 1.93. The van der Waals surface area contributed by atoms with Gasteiger partial charge in [0.15, 0.2) is 10.9 Å². The lowest BCUT2D eigenvalue weighted by molar-refractivity contribution is 0.470. The number of nitrogens with zero attached hydrogens (tertiary/aromatic N) is 5. The third-order valence-corrected chi connectivity index (χ3v) is 6.19. The van der Waals surface area contributed by atoms with Gasteiger partial charge < -0.3 is 10.2 Å². The zero-order chi connectivity index (χ0) is 20.3. The number of anilines is 1. The minimum Gasteiger partial charge on any atom is -0.346 e. The Bertz CT molecular complexity index is 986. The van der Waals surface area contributed by atoms with Gasteiger partial charge in [-0.2, -0.15) is 10.2 Å². The molecule has 2 aromatic heterocycles. The summed E-state index contributed by atoms with van der Waals surface area (Å²) in [5.74, 6) is 0.659. The first kappa shape index (κ1) is 21.3. The molecule has 0 saturated carbocycles. The van der Waals surface area contributed by atoms with E-state index >= 15 is 0 Å². The minimum atomic E-state index is 0.569. The van der Waals surface area contributed by atoms with Gasteiger partial charge in [-0.3, -0.25) is 9.36 Å². The van der Waals surface area contributed by atoms with Gasteiger partial charge in [0, 0.05) is 24.8 Å².